The molecule has 0 bridgehead atoms. The van der Waals surface area contributed by atoms with Crippen LogP contribution in [0.25, 0.3) is 0 Å². The van der Waals surface area contributed by atoms with E-state index in [9.17, 15) is 8.42 Å². The summed E-state index contributed by atoms with van der Waals surface area (Å²) in [6.07, 6.45) is 2.41. The summed E-state index contributed by atoms with van der Waals surface area (Å²) in [5.74, 6) is 0.538. The summed E-state index contributed by atoms with van der Waals surface area (Å²) in [5, 5.41) is 0. The van der Waals surface area contributed by atoms with Crippen LogP contribution in [-0.2, 0) is 21.9 Å². The summed E-state index contributed by atoms with van der Waals surface area (Å²) >= 11 is 0. The van der Waals surface area contributed by atoms with Gasteiger partial charge in [0.2, 0.25) is 0 Å². The molecule has 1 aliphatic heterocycles. The van der Waals surface area contributed by atoms with E-state index in [0.29, 0.717) is 17.3 Å². The number of nitrogens with zero attached hydrogens (tertiary/aromatic N) is 2. The van der Waals surface area contributed by atoms with E-state index < -0.39 is 10.0 Å². The van der Waals surface area contributed by atoms with Gasteiger partial charge in [-0.25, -0.2) is 17.7 Å². The Morgan fingerprint density at radius 3 is 2.41 bits per heavy atom. The summed E-state index contributed by atoms with van der Waals surface area (Å²) in [5.41, 5.74) is 2.86. The number of sulfonamides is 1. The topological polar surface area (TPSA) is 50.3 Å². The average Bonchev–Trinajstić information content (AvgIpc) is 2.97. The van der Waals surface area contributed by atoms with Crippen LogP contribution in [0, 0.1) is 6.92 Å². The summed E-state index contributed by atoms with van der Waals surface area (Å²) in [4.78, 5) is 4.73. The van der Waals surface area contributed by atoms with Gasteiger partial charge in [-0.15, -0.1) is 0 Å². The molecule has 0 amide bonds. The minimum Gasteiger partial charge on any atom is -0.249 e. The lowest BCUT2D eigenvalue weighted by atomic mass is 9.79. The van der Waals surface area contributed by atoms with Crippen molar-refractivity contribution in [2.45, 2.75) is 30.6 Å². The SMILES string of the molecule is Cc1ccc(S(=O)(=O)N2C[C@@](C)(Cc3ccccc3)c3cccnc32)cc1. The molecule has 138 valence electrons. The highest BCUT2D eigenvalue weighted by Gasteiger charge is 2.44. The summed E-state index contributed by atoms with van der Waals surface area (Å²) < 4.78 is 28.1. The molecular formula is C22H22N2O2S. The van der Waals surface area contributed by atoms with Gasteiger partial charge in [-0.05, 0) is 37.1 Å². The standard InChI is InChI=1S/C22H22N2O2S/c1-17-10-12-19(13-11-17)27(25,26)24-16-22(2,15-18-7-4-3-5-8-18)20-9-6-14-23-21(20)24/h3-14H,15-16H2,1-2H3/t22-/m1/s1. The van der Waals surface area contributed by atoms with Crippen LogP contribution in [0.2, 0.25) is 0 Å². The van der Waals surface area contributed by atoms with Crippen LogP contribution in [0.15, 0.2) is 77.8 Å². The Morgan fingerprint density at radius 2 is 1.70 bits per heavy atom. The van der Waals surface area contributed by atoms with Crippen LogP contribution in [-0.4, -0.2) is 19.9 Å². The third kappa shape index (κ3) is 3.12. The molecule has 0 fully saturated rings. The predicted octanol–water partition coefficient (Wildman–Crippen LogP) is 4.10. The zero-order valence-corrected chi connectivity index (χ0v) is 16.3. The largest absolute Gasteiger partial charge is 0.265 e. The lowest BCUT2D eigenvalue weighted by molar-refractivity contribution is 0.504. The fraction of sp³-hybridized carbons (Fsp3) is 0.227. The first-order chi connectivity index (χ1) is 12.9. The van der Waals surface area contributed by atoms with Crippen molar-refractivity contribution in [3.63, 3.8) is 0 Å². The highest BCUT2D eigenvalue weighted by molar-refractivity contribution is 7.92. The quantitative estimate of drug-likeness (QED) is 0.687. The Balaban J connectivity index is 1.77. The molecule has 0 saturated heterocycles. The molecule has 2 heterocycles. The second-order valence-corrected chi connectivity index (χ2v) is 9.28. The molecule has 1 aromatic heterocycles. The molecule has 1 aliphatic rings. The highest BCUT2D eigenvalue weighted by atomic mass is 32.2. The monoisotopic (exact) mass is 378 g/mol. The van der Waals surface area contributed by atoms with Crippen molar-refractivity contribution in [1.29, 1.82) is 0 Å². The maximum absolute atomic E-state index is 13.3. The second kappa shape index (κ2) is 6.50. The zero-order valence-electron chi connectivity index (χ0n) is 15.5. The number of hydrogen-bond acceptors (Lipinski definition) is 3. The summed E-state index contributed by atoms with van der Waals surface area (Å²) in [7, 11) is -3.66. The van der Waals surface area contributed by atoms with Crippen LogP contribution in [0.3, 0.4) is 0 Å². The molecule has 4 rings (SSSR count). The van der Waals surface area contributed by atoms with Crippen molar-refractivity contribution < 1.29 is 8.42 Å². The van der Waals surface area contributed by atoms with Crippen LogP contribution >= 0.6 is 0 Å². The van der Waals surface area contributed by atoms with Crippen molar-refractivity contribution in [2.24, 2.45) is 0 Å². The fourth-order valence-corrected chi connectivity index (χ4v) is 5.34. The van der Waals surface area contributed by atoms with E-state index in [1.807, 2.05) is 49.4 Å². The maximum atomic E-state index is 13.3. The first-order valence-corrected chi connectivity index (χ1v) is 10.4. The molecule has 0 N–H and O–H groups in total. The molecule has 3 aromatic rings. The van der Waals surface area contributed by atoms with E-state index in [4.69, 9.17) is 0 Å². The number of anilines is 1. The first kappa shape index (κ1) is 17.7. The summed E-state index contributed by atoms with van der Waals surface area (Å²) in [6, 6.07) is 21.0. The Morgan fingerprint density at radius 1 is 1.00 bits per heavy atom. The third-order valence-electron chi connectivity index (χ3n) is 5.21. The highest BCUT2D eigenvalue weighted by Crippen LogP contribution is 2.43. The Bertz CT molecular complexity index is 1060. The summed E-state index contributed by atoms with van der Waals surface area (Å²) in [6.45, 7) is 4.44. The third-order valence-corrected chi connectivity index (χ3v) is 6.96. The van der Waals surface area contributed by atoms with Gasteiger partial charge in [0.15, 0.2) is 0 Å². The lowest BCUT2D eigenvalue weighted by Crippen LogP contribution is -2.36. The molecule has 5 heteroatoms. The second-order valence-electron chi connectivity index (χ2n) is 7.42. The van der Waals surface area contributed by atoms with E-state index in [-0.39, 0.29) is 5.41 Å². The zero-order chi connectivity index (χ0) is 19.1. The molecule has 4 nitrogen and oxygen atoms in total. The van der Waals surface area contributed by atoms with Crippen molar-refractivity contribution >= 4 is 15.8 Å². The van der Waals surface area contributed by atoms with E-state index in [2.05, 4.69) is 24.0 Å². The minimum atomic E-state index is -3.66. The van der Waals surface area contributed by atoms with Crippen molar-refractivity contribution in [1.82, 2.24) is 4.98 Å². The number of aromatic nitrogens is 1. The predicted molar refractivity (Wildman–Crippen MR) is 107 cm³/mol. The average molecular weight is 378 g/mol. The van der Waals surface area contributed by atoms with E-state index >= 15 is 0 Å². The van der Waals surface area contributed by atoms with E-state index in [0.717, 1.165) is 17.5 Å². The molecule has 0 saturated carbocycles. The lowest BCUT2D eigenvalue weighted by Gasteiger charge is -2.26. The van der Waals surface area contributed by atoms with Gasteiger partial charge in [0.05, 0.1) is 4.90 Å². The Labute approximate surface area is 160 Å². The van der Waals surface area contributed by atoms with Gasteiger partial charge < -0.3 is 0 Å². The van der Waals surface area contributed by atoms with Gasteiger partial charge in [-0.3, -0.25) is 0 Å². The molecule has 0 aliphatic carbocycles. The van der Waals surface area contributed by atoms with E-state index in [1.165, 1.54) is 9.87 Å². The van der Waals surface area contributed by atoms with Crippen molar-refractivity contribution in [3.05, 3.63) is 89.6 Å². The Kier molecular flexibility index (Phi) is 4.27. The van der Waals surface area contributed by atoms with Crippen LogP contribution in [0.5, 0.6) is 0 Å². The number of benzene rings is 2. The van der Waals surface area contributed by atoms with Gasteiger partial charge in [0, 0.05) is 23.7 Å². The van der Waals surface area contributed by atoms with Crippen molar-refractivity contribution in [3.8, 4) is 0 Å². The van der Waals surface area contributed by atoms with Crippen LogP contribution < -0.4 is 4.31 Å². The number of fused-ring (bicyclic) bond motifs is 1. The normalized spacial score (nSPS) is 19.1. The van der Waals surface area contributed by atoms with Crippen LogP contribution in [0.4, 0.5) is 5.82 Å². The molecule has 0 unspecified atom stereocenters. The van der Waals surface area contributed by atoms with Crippen LogP contribution in [0.1, 0.15) is 23.6 Å². The molecule has 0 radical (unpaired) electrons. The van der Waals surface area contributed by atoms with Gasteiger partial charge >= 0.3 is 0 Å². The van der Waals surface area contributed by atoms with Crippen molar-refractivity contribution in [2.75, 3.05) is 10.8 Å². The molecule has 27 heavy (non-hydrogen) atoms. The molecular weight excluding hydrogens is 356 g/mol. The van der Waals surface area contributed by atoms with Gasteiger partial charge in [-0.2, -0.15) is 0 Å². The molecule has 1 atom stereocenters. The number of hydrogen-bond donors (Lipinski definition) is 0. The smallest absolute Gasteiger partial charge is 0.249 e. The Hall–Kier alpha value is -2.66. The minimum absolute atomic E-state index is 0.300. The maximum Gasteiger partial charge on any atom is 0.265 e. The van der Waals surface area contributed by atoms with E-state index in [1.54, 1.807) is 18.3 Å². The van der Waals surface area contributed by atoms with Gasteiger partial charge in [-0.1, -0.05) is 61.0 Å². The first-order valence-electron chi connectivity index (χ1n) is 8.99. The number of pyridine rings is 1. The number of rotatable bonds is 4. The van der Waals surface area contributed by atoms with Gasteiger partial charge in [0.25, 0.3) is 10.0 Å². The fourth-order valence-electron chi connectivity index (χ4n) is 3.78. The number of aryl methyl sites for hydroxylation is 1. The molecule has 0 spiro atoms. The van der Waals surface area contributed by atoms with Gasteiger partial charge in [0.1, 0.15) is 5.82 Å². The molecule has 2 aromatic carbocycles.